The summed E-state index contributed by atoms with van der Waals surface area (Å²) in [6.07, 6.45) is 0.899. The first-order valence-electron chi connectivity index (χ1n) is 5.27. The van der Waals surface area contributed by atoms with Crippen molar-refractivity contribution in [2.24, 2.45) is 0 Å². The molecule has 1 aromatic rings. The Hall–Kier alpha value is -1.20. The van der Waals surface area contributed by atoms with Crippen LogP contribution in [0.25, 0.3) is 0 Å². The van der Waals surface area contributed by atoms with E-state index in [0.717, 1.165) is 12.2 Å². The van der Waals surface area contributed by atoms with Gasteiger partial charge in [-0.3, -0.25) is 4.79 Å². The van der Waals surface area contributed by atoms with Gasteiger partial charge in [0.1, 0.15) is 11.5 Å². The second-order valence-electron chi connectivity index (χ2n) is 3.52. The van der Waals surface area contributed by atoms with Crippen molar-refractivity contribution in [2.75, 3.05) is 25.2 Å². The van der Waals surface area contributed by atoms with Gasteiger partial charge in [-0.05, 0) is 24.3 Å². The van der Waals surface area contributed by atoms with Crippen LogP contribution in [0.1, 0.15) is 16.8 Å². The van der Waals surface area contributed by atoms with Crippen molar-refractivity contribution < 1.29 is 19.7 Å². The number of aromatic hydroxyl groups is 2. The number of benzene rings is 1. The van der Waals surface area contributed by atoms with Gasteiger partial charge in [-0.2, -0.15) is 11.8 Å². The molecule has 0 aliphatic rings. The fourth-order valence-electron chi connectivity index (χ4n) is 1.30. The molecule has 0 aliphatic carbocycles. The number of rotatable bonds is 7. The molecule has 0 radical (unpaired) electrons. The Morgan fingerprint density at radius 1 is 1.41 bits per heavy atom. The Balaban J connectivity index is 2.42. The predicted octanol–water partition coefficient (Wildman–Crippen LogP) is 2.05. The van der Waals surface area contributed by atoms with Gasteiger partial charge >= 0.3 is 0 Å². The molecule has 1 aromatic carbocycles. The van der Waals surface area contributed by atoms with Crippen LogP contribution in [0.5, 0.6) is 11.5 Å². The number of ketones is 1. The highest BCUT2D eigenvalue weighted by Crippen LogP contribution is 2.23. The Labute approximate surface area is 105 Å². The molecule has 5 heteroatoms. The SMILES string of the molecule is COCCCSCC(=O)c1ccc(O)cc1O. The van der Waals surface area contributed by atoms with E-state index in [1.165, 1.54) is 30.0 Å². The molecule has 94 valence electrons. The van der Waals surface area contributed by atoms with Crippen molar-refractivity contribution in [2.45, 2.75) is 6.42 Å². The molecule has 0 bridgehead atoms. The lowest BCUT2D eigenvalue weighted by molar-refractivity contribution is 0.102. The lowest BCUT2D eigenvalue weighted by atomic mass is 10.1. The van der Waals surface area contributed by atoms with Crippen molar-refractivity contribution >= 4 is 17.5 Å². The topological polar surface area (TPSA) is 66.8 Å². The molecule has 0 aromatic heterocycles. The van der Waals surface area contributed by atoms with Crippen molar-refractivity contribution in [3.05, 3.63) is 23.8 Å². The summed E-state index contributed by atoms with van der Waals surface area (Å²) in [6, 6.07) is 3.99. The summed E-state index contributed by atoms with van der Waals surface area (Å²) in [5, 5.41) is 18.6. The van der Waals surface area contributed by atoms with E-state index in [1.54, 1.807) is 7.11 Å². The molecule has 4 nitrogen and oxygen atoms in total. The molecule has 17 heavy (non-hydrogen) atoms. The predicted molar refractivity (Wildman–Crippen MR) is 67.9 cm³/mol. The largest absolute Gasteiger partial charge is 0.508 e. The van der Waals surface area contributed by atoms with E-state index >= 15 is 0 Å². The minimum absolute atomic E-state index is 0.0493. The molecule has 0 atom stereocenters. The first-order valence-corrected chi connectivity index (χ1v) is 6.42. The van der Waals surface area contributed by atoms with E-state index in [2.05, 4.69) is 0 Å². The molecule has 2 N–H and O–H groups in total. The second-order valence-corrected chi connectivity index (χ2v) is 4.63. The molecule has 0 saturated heterocycles. The second kappa shape index (κ2) is 7.19. The molecule has 0 aliphatic heterocycles. The summed E-state index contributed by atoms with van der Waals surface area (Å²) < 4.78 is 4.90. The van der Waals surface area contributed by atoms with Crippen LogP contribution >= 0.6 is 11.8 Å². The molecule has 0 heterocycles. The third-order valence-corrected chi connectivity index (χ3v) is 3.20. The number of methoxy groups -OCH3 is 1. The van der Waals surface area contributed by atoms with Crippen molar-refractivity contribution in [1.82, 2.24) is 0 Å². The Kier molecular flexibility index (Phi) is 5.86. The number of Topliss-reactive ketones (excluding diaryl/α,β-unsaturated/α-hetero) is 1. The van der Waals surface area contributed by atoms with Crippen LogP contribution in [0.4, 0.5) is 0 Å². The van der Waals surface area contributed by atoms with Gasteiger partial charge in [0.25, 0.3) is 0 Å². The maximum absolute atomic E-state index is 11.7. The summed E-state index contributed by atoms with van der Waals surface area (Å²) >= 11 is 1.51. The number of hydrogen-bond donors (Lipinski definition) is 2. The molecule has 0 fully saturated rings. The maximum Gasteiger partial charge on any atom is 0.176 e. The molecule has 0 spiro atoms. The summed E-state index contributed by atoms with van der Waals surface area (Å²) in [4.78, 5) is 11.7. The average Bonchev–Trinajstić information content (AvgIpc) is 2.28. The molecular weight excluding hydrogens is 240 g/mol. The van der Waals surface area contributed by atoms with Crippen LogP contribution in [-0.4, -0.2) is 41.2 Å². The van der Waals surface area contributed by atoms with Crippen LogP contribution in [0.15, 0.2) is 18.2 Å². The highest BCUT2D eigenvalue weighted by molar-refractivity contribution is 7.99. The Morgan fingerprint density at radius 3 is 2.82 bits per heavy atom. The fourth-order valence-corrected chi connectivity index (χ4v) is 2.11. The summed E-state index contributed by atoms with van der Waals surface area (Å²) in [5.74, 6) is 0.810. The van der Waals surface area contributed by atoms with Gasteiger partial charge < -0.3 is 14.9 Å². The van der Waals surface area contributed by atoms with Gasteiger partial charge in [0.05, 0.1) is 11.3 Å². The quantitative estimate of drug-likeness (QED) is 0.577. The third-order valence-electron chi connectivity index (χ3n) is 2.15. The monoisotopic (exact) mass is 256 g/mol. The number of phenols is 2. The van der Waals surface area contributed by atoms with E-state index in [1.807, 2.05) is 0 Å². The van der Waals surface area contributed by atoms with E-state index < -0.39 is 0 Å². The lowest BCUT2D eigenvalue weighted by Gasteiger charge is -2.04. The van der Waals surface area contributed by atoms with Crippen LogP contribution in [0.2, 0.25) is 0 Å². The third kappa shape index (κ3) is 4.66. The molecule has 1 rings (SSSR count). The van der Waals surface area contributed by atoms with Crippen LogP contribution < -0.4 is 0 Å². The van der Waals surface area contributed by atoms with Crippen molar-refractivity contribution in [3.8, 4) is 11.5 Å². The first kappa shape index (κ1) is 13.9. The molecular formula is C12H16O4S. The van der Waals surface area contributed by atoms with Crippen LogP contribution in [-0.2, 0) is 4.74 Å². The first-order chi connectivity index (χ1) is 8.15. The van der Waals surface area contributed by atoms with Gasteiger partial charge in [-0.25, -0.2) is 0 Å². The molecule has 0 amide bonds. The number of hydrogen-bond acceptors (Lipinski definition) is 5. The highest BCUT2D eigenvalue weighted by Gasteiger charge is 2.11. The standard InChI is InChI=1S/C12H16O4S/c1-16-5-2-6-17-8-12(15)10-4-3-9(13)7-11(10)14/h3-4,7,13-14H,2,5-6,8H2,1H3. The smallest absolute Gasteiger partial charge is 0.176 e. The fraction of sp³-hybridized carbons (Fsp3) is 0.417. The van der Waals surface area contributed by atoms with Gasteiger partial charge in [0.15, 0.2) is 5.78 Å². The molecule has 0 unspecified atom stereocenters. The zero-order valence-electron chi connectivity index (χ0n) is 9.68. The normalized spacial score (nSPS) is 10.4. The number of thioether (sulfide) groups is 1. The number of phenolic OH excluding ortho intramolecular Hbond substituents is 2. The zero-order valence-corrected chi connectivity index (χ0v) is 10.5. The number of carbonyl (C=O) groups is 1. The summed E-state index contributed by atoms with van der Waals surface area (Å²) in [7, 11) is 1.64. The minimum atomic E-state index is -0.174. The van der Waals surface area contributed by atoms with E-state index in [4.69, 9.17) is 9.84 Å². The van der Waals surface area contributed by atoms with Gasteiger partial charge in [-0.1, -0.05) is 0 Å². The van der Waals surface area contributed by atoms with Crippen LogP contribution in [0.3, 0.4) is 0 Å². The Morgan fingerprint density at radius 2 is 2.18 bits per heavy atom. The summed E-state index contributed by atoms with van der Waals surface area (Å²) in [6.45, 7) is 0.686. The molecule has 0 saturated carbocycles. The van der Waals surface area contributed by atoms with Crippen molar-refractivity contribution in [1.29, 1.82) is 0 Å². The van der Waals surface area contributed by atoms with E-state index in [9.17, 15) is 9.90 Å². The van der Waals surface area contributed by atoms with Gasteiger partial charge in [0, 0.05) is 19.8 Å². The van der Waals surface area contributed by atoms with Gasteiger partial charge in [-0.15, -0.1) is 0 Å². The van der Waals surface area contributed by atoms with E-state index in [-0.39, 0.29) is 22.8 Å². The van der Waals surface area contributed by atoms with Crippen molar-refractivity contribution in [3.63, 3.8) is 0 Å². The lowest BCUT2D eigenvalue weighted by Crippen LogP contribution is -2.03. The maximum atomic E-state index is 11.7. The number of carbonyl (C=O) groups excluding carboxylic acids is 1. The van der Waals surface area contributed by atoms with Gasteiger partial charge in [0.2, 0.25) is 0 Å². The zero-order chi connectivity index (χ0) is 12.7. The van der Waals surface area contributed by atoms with Crippen LogP contribution in [0, 0.1) is 0 Å². The average molecular weight is 256 g/mol. The Bertz CT molecular complexity index is 379. The minimum Gasteiger partial charge on any atom is -0.508 e. The summed E-state index contributed by atoms with van der Waals surface area (Å²) in [5.41, 5.74) is 0.252. The number of ether oxygens (including phenoxy) is 1. The van der Waals surface area contributed by atoms with E-state index in [0.29, 0.717) is 12.4 Å². The highest BCUT2D eigenvalue weighted by atomic mass is 32.2.